The number of phenols is 1. The molecule has 1 aromatic rings. The molecular weight excluding hydrogens is 234 g/mol. The Morgan fingerprint density at radius 1 is 1.41 bits per heavy atom. The van der Waals surface area contributed by atoms with Crippen LogP contribution in [0.1, 0.15) is 35.4 Å². The number of halogens is 1. The molecule has 2 nitrogen and oxygen atoms in total. The topological polar surface area (TPSA) is 23.5 Å². The average Bonchev–Trinajstić information content (AvgIpc) is 2.47. The van der Waals surface area contributed by atoms with E-state index < -0.39 is 0 Å². The molecule has 0 radical (unpaired) electrons. The summed E-state index contributed by atoms with van der Waals surface area (Å²) in [7, 11) is 2.18. The maximum Gasteiger partial charge on any atom is 0.137 e. The van der Waals surface area contributed by atoms with E-state index in [1.54, 1.807) is 0 Å². The average molecular weight is 252 g/mol. The highest BCUT2D eigenvalue weighted by atomic mass is 35.5. The summed E-state index contributed by atoms with van der Waals surface area (Å²) >= 11 is 6.13. The van der Waals surface area contributed by atoms with Gasteiger partial charge in [0.25, 0.3) is 0 Å². The van der Waals surface area contributed by atoms with Crippen LogP contribution >= 0.6 is 11.6 Å². The molecule has 0 spiro atoms. The van der Waals surface area contributed by atoms with Gasteiger partial charge in [0.1, 0.15) is 5.75 Å². The monoisotopic (exact) mass is 251 g/mol. The first-order valence-corrected chi connectivity index (χ1v) is 6.76. The van der Waals surface area contributed by atoms with E-state index >= 15 is 0 Å². The molecule has 1 unspecified atom stereocenters. The molecule has 0 aromatic heterocycles. The fourth-order valence-electron chi connectivity index (χ4n) is 3.36. The highest BCUT2D eigenvalue weighted by Crippen LogP contribution is 2.43. The summed E-state index contributed by atoms with van der Waals surface area (Å²) in [6.07, 6.45) is 4.44. The Hall–Kier alpha value is -0.730. The van der Waals surface area contributed by atoms with Crippen molar-refractivity contribution in [1.29, 1.82) is 0 Å². The highest BCUT2D eigenvalue weighted by Gasteiger charge is 2.29. The van der Waals surface area contributed by atoms with Crippen molar-refractivity contribution in [3.8, 4) is 5.75 Å². The van der Waals surface area contributed by atoms with Gasteiger partial charge in [-0.15, -0.1) is 0 Å². The van der Waals surface area contributed by atoms with Crippen LogP contribution in [-0.2, 0) is 12.8 Å². The van der Waals surface area contributed by atoms with E-state index in [4.69, 9.17) is 11.6 Å². The largest absolute Gasteiger partial charge is 0.506 e. The van der Waals surface area contributed by atoms with E-state index in [0.29, 0.717) is 16.7 Å². The van der Waals surface area contributed by atoms with E-state index in [1.165, 1.54) is 24.0 Å². The molecule has 92 valence electrons. The molecule has 3 rings (SSSR count). The van der Waals surface area contributed by atoms with Gasteiger partial charge in [-0.2, -0.15) is 0 Å². The van der Waals surface area contributed by atoms with Gasteiger partial charge in [-0.3, -0.25) is 0 Å². The molecule has 0 amide bonds. The van der Waals surface area contributed by atoms with Crippen LogP contribution in [0.5, 0.6) is 5.75 Å². The van der Waals surface area contributed by atoms with Gasteiger partial charge in [0.15, 0.2) is 0 Å². The van der Waals surface area contributed by atoms with E-state index in [0.717, 1.165) is 31.5 Å². The Morgan fingerprint density at radius 3 is 3.06 bits per heavy atom. The number of rotatable bonds is 0. The van der Waals surface area contributed by atoms with Gasteiger partial charge in [0.2, 0.25) is 0 Å². The number of aromatic hydroxyl groups is 1. The third kappa shape index (κ3) is 1.84. The predicted molar refractivity (Wildman–Crippen MR) is 70.0 cm³/mol. The Bertz CT molecular complexity index is 458. The third-order valence-corrected chi connectivity index (χ3v) is 4.45. The normalized spacial score (nSPS) is 24.2. The van der Waals surface area contributed by atoms with Crippen LogP contribution in [-0.4, -0.2) is 30.1 Å². The van der Waals surface area contributed by atoms with Crippen molar-refractivity contribution >= 4 is 11.6 Å². The smallest absolute Gasteiger partial charge is 0.137 e. The van der Waals surface area contributed by atoms with Crippen molar-refractivity contribution in [2.45, 2.75) is 31.6 Å². The first-order valence-electron chi connectivity index (χ1n) is 6.38. The minimum atomic E-state index is 0.333. The lowest BCUT2D eigenvalue weighted by Crippen LogP contribution is -2.25. The number of nitrogens with zero attached hydrogens (tertiary/aromatic N) is 1. The van der Waals surface area contributed by atoms with Crippen LogP contribution in [0.3, 0.4) is 0 Å². The van der Waals surface area contributed by atoms with Crippen molar-refractivity contribution in [1.82, 2.24) is 4.90 Å². The molecule has 1 atom stereocenters. The molecule has 0 saturated heterocycles. The molecule has 17 heavy (non-hydrogen) atoms. The summed E-state index contributed by atoms with van der Waals surface area (Å²) < 4.78 is 0. The Labute approximate surface area is 107 Å². The van der Waals surface area contributed by atoms with Gasteiger partial charge in [0, 0.05) is 13.1 Å². The molecule has 0 bridgehead atoms. The minimum absolute atomic E-state index is 0.333. The minimum Gasteiger partial charge on any atom is -0.506 e. The molecule has 1 aliphatic carbocycles. The highest BCUT2D eigenvalue weighted by molar-refractivity contribution is 6.32. The van der Waals surface area contributed by atoms with E-state index in [2.05, 4.69) is 11.9 Å². The second kappa shape index (κ2) is 4.18. The Kier molecular flexibility index (Phi) is 2.80. The molecule has 1 aromatic carbocycles. The predicted octanol–water partition coefficient (Wildman–Crippen LogP) is 2.95. The lowest BCUT2D eigenvalue weighted by atomic mass is 9.79. The molecule has 0 saturated carbocycles. The Balaban J connectivity index is 2.18. The fourth-order valence-corrected chi connectivity index (χ4v) is 3.61. The lowest BCUT2D eigenvalue weighted by molar-refractivity contribution is 0.312. The zero-order chi connectivity index (χ0) is 12.0. The number of hydrogen-bond acceptors (Lipinski definition) is 2. The van der Waals surface area contributed by atoms with E-state index in [1.807, 2.05) is 6.07 Å². The summed E-state index contributed by atoms with van der Waals surface area (Å²) in [5.41, 5.74) is 3.89. The number of benzene rings is 1. The van der Waals surface area contributed by atoms with Crippen molar-refractivity contribution in [3.05, 3.63) is 27.8 Å². The van der Waals surface area contributed by atoms with Crippen molar-refractivity contribution in [3.63, 3.8) is 0 Å². The van der Waals surface area contributed by atoms with Crippen LogP contribution in [0.25, 0.3) is 0 Å². The SMILES string of the molecule is CN1CCc2cc(Cl)c(O)c3c2C(CCC3)C1. The zero-order valence-electron chi connectivity index (χ0n) is 10.2. The van der Waals surface area contributed by atoms with Gasteiger partial charge >= 0.3 is 0 Å². The maximum atomic E-state index is 10.1. The third-order valence-electron chi connectivity index (χ3n) is 4.17. The molecular formula is C14H18ClNO. The quantitative estimate of drug-likeness (QED) is 0.766. The van der Waals surface area contributed by atoms with Gasteiger partial charge in [-0.25, -0.2) is 0 Å². The molecule has 1 aliphatic heterocycles. The summed E-state index contributed by atoms with van der Waals surface area (Å²) in [5.74, 6) is 0.920. The number of phenolic OH excluding ortho intramolecular Hbond substituents is 1. The van der Waals surface area contributed by atoms with E-state index in [-0.39, 0.29) is 0 Å². The first-order chi connectivity index (χ1) is 8.16. The standard InChI is InChI=1S/C14H18ClNO/c1-16-6-5-9-7-12(15)14(17)11-4-2-3-10(8-16)13(9)11/h7,10,17H,2-6,8H2,1H3. The van der Waals surface area contributed by atoms with Gasteiger partial charge < -0.3 is 10.0 Å². The molecule has 1 heterocycles. The van der Waals surface area contributed by atoms with Crippen LogP contribution in [0.15, 0.2) is 6.07 Å². The summed E-state index contributed by atoms with van der Waals surface area (Å²) in [5, 5.41) is 10.6. The fraction of sp³-hybridized carbons (Fsp3) is 0.571. The molecule has 1 N–H and O–H groups in total. The maximum absolute atomic E-state index is 10.1. The van der Waals surface area contributed by atoms with Gasteiger partial charge in [-0.1, -0.05) is 11.6 Å². The zero-order valence-corrected chi connectivity index (χ0v) is 10.9. The van der Waals surface area contributed by atoms with Crippen LogP contribution in [0.2, 0.25) is 5.02 Å². The summed E-state index contributed by atoms with van der Waals surface area (Å²) in [6.45, 7) is 2.20. The van der Waals surface area contributed by atoms with Crippen LogP contribution in [0.4, 0.5) is 0 Å². The number of hydrogen-bond donors (Lipinski definition) is 1. The Morgan fingerprint density at radius 2 is 2.24 bits per heavy atom. The molecule has 2 aliphatic rings. The van der Waals surface area contributed by atoms with Crippen LogP contribution < -0.4 is 0 Å². The summed E-state index contributed by atoms with van der Waals surface area (Å²) in [4.78, 5) is 2.39. The van der Waals surface area contributed by atoms with Crippen molar-refractivity contribution < 1.29 is 5.11 Å². The van der Waals surface area contributed by atoms with Gasteiger partial charge in [0.05, 0.1) is 5.02 Å². The van der Waals surface area contributed by atoms with Crippen molar-refractivity contribution in [2.75, 3.05) is 20.1 Å². The molecule has 0 fully saturated rings. The summed E-state index contributed by atoms with van der Waals surface area (Å²) in [6, 6.07) is 1.98. The second-order valence-corrected chi connectivity index (χ2v) is 5.77. The van der Waals surface area contributed by atoms with Crippen LogP contribution in [0, 0.1) is 0 Å². The second-order valence-electron chi connectivity index (χ2n) is 5.36. The van der Waals surface area contributed by atoms with Crippen molar-refractivity contribution in [2.24, 2.45) is 0 Å². The number of likely N-dealkylation sites (N-methyl/N-ethyl adjacent to an activating group) is 1. The van der Waals surface area contributed by atoms with E-state index in [9.17, 15) is 5.11 Å². The first kappa shape index (κ1) is 11.4. The van der Waals surface area contributed by atoms with Gasteiger partial charge in [-0.05, 0) is 61.4 Å². The lowest BCUT2D eigenvalue weighted by Gasteiger charge is -2.28. The molecule has 3 heteroatoms.